The van der Waals surface area contributed by atoms with Gasteiger partial charge in [-0.2, -0.15) is 0 Å². The van der Waals surface area contributed by atoms with Crippen molar-refractivity contribution in [3.05, 3.63) is 87.0 Å². The Morgan fingerprint density at radius 2 is 1.54 bits per heavy atom. The molecule has 0 unspecified atom stereocenters. The average molecular weight is 376 g/mol. The summed E-state index contributed by atoms with van der Waals surface area (Å²) in [7, 11) is 0. The van der Waals surface area contributed by atoms with E-state index in [2.05, 4.69) is 5.32 Å². The molecule has 0 fully saturated rings. The Morgan fingerprint density at radius 3 is 2.21 bits per heavy atom. The number of phenols is 2. The molecule has 0 spiro atoms. The van der Waals surface area contributed by atoms with E-state index in [0.29, 0.717) is 5.69 Å². The van der Waals surface area contributed by atoms with Gasteiger partial charge in [0.05, 0.1) is 21.7 Å². The maximum absolute atomic E-state index is 13.1. The minimum absolute atomic E-state index is 0.0524. The number of anilines is 2. The molecule has 3 aromatic rings. The first-order valence-electron chi connectivity index (χ1n) is 8.18. The van der Waals surface area contributed by atoms with Gasteiger partial charge in [0.25, 0.3) is 0 Å². The van der Waals surface area contributed by atoms with E-state index in [9.17, 15) is 29.9 Å². The minimum Gasteiger partial charge on any atom is -0.507 e. The molecule has 0 aliphatic heterocycles. The van der Waals surface area contributed by atoms with Crippen LogP contribution >= 0.6 is 0 Å². The van der Waals surface area contributed by atoms with Crippen molar-refractivity contribution in [1.29, 1.82) is 0 Å². The van der Waals surface area contributed by atoms with E-state index in [1.54, 1.807) is 30.3 Å². The highest BCUT2D eigenvalue weighted by Crippen LogP contribution is 2.44. The number of carbonyl (C=O) groups is 2. The highest BCUT2D eigenvalue weighted by atomic mass is 16.6. The van der Waals surface area contributed by atoms with Gasteiger partial charge in [0, 0.05) is 17.3 Å². The summed E-state index contributed by atoms with van der Waals surface area (Å²) in [6, 6.07) is 13.7. The van der Waals surface area contributed by atoms with E-state index in [1.165, 1.54) is 18.2 Å². The number of nitrogens with zero attached hydrogens (tertiary/aromatic N) is 1. The van der Waals surface area contributed by atoms with Crippen molar-refractivity contribution in [2.45, 2.75) is 0 Å². The predicted molar refractivity (Wildman–Crippen MR) is 99.5 cm³/mol. The largest absolute Gasteiger partial charge is 0.507 e. The second-order valence-electron chi connectivity index (χ2n) is 6.15. The minimum atomic E-state index is -0.920. The summed E-state index contributed by atoms with van der Waals surface area (Å²) < 4.78 is 0. The number of ketones is 2. The normalized spacial score (nSPS) is 12.3. The van der Waals surface area contributed by atoms with Crippen LogP contribution in [0.3, 0.4) is 0 Å². The lowest BCUT2D eigenvalue weighted by Crippen LogP contribution is -2.23. The van der Waals surface area contributed by atoms with Crippen molar-refractivity contribution in [3.63, 3.8) is 0 Å². The van der Waals surface area contributed by atoms with Crippen LogP contribution in [0.1, 0.15) is 31.8 Å². The van der Waals surface area contributed by atoms with Crippen LogP contribution in [0.15, 0.2) is 54.6 Å². The summed E-state index contributed by atoms with van der Waals surface area (Å²) in [5, 5.41) is 34.7. The molecule has 1 aliphatic rings. The molecule has 1 aliphatic carbocycles. The summed E-state index contributed by atoms with van der Waals surface area (Å²) in [5.41, 5.74) is -1.43. The molecule has 0 heterocycles. The van der Waals surface area contributed by atoms with Crippen LogP contribution in [-0.4, -0.2) is 26.7 Å². The summed E-state index contributed by atoms with van der Waals surface area (Å²) in [6.45, 7) is 0. The molecule has 28 heavy (non-hydrogen) atoms. The fourth-order valence-electron chi connectivity index (χ4n) is 3.30. The van der Waals surface area contributed by atoms with Crippen molar-refractivity contribution in [1.82, 2.24) is 0 Å². The molecular formula is C20H12N2O6. The predicted octanol–water partition coefficient (Wildman–Crippen LogP) is 3.53. The number of phenolic OH excluding ortho intramolecular Hbond substituents is 2. The topological polar surface area (TPSA) is 130 Å². The number of nitrogens with one attached hydrogen (secondary N) is 1. The lowest BCUT2D eigenvalue weighted by molar-refractivity contribution is -0.386. The first-order chi connectivity index (χ1) is 13.4. The van der Waals surface area contributed by atoms with Crippen LogP contribution in [0.5, 0.6) is 11.5 Å². The lowest BCUT2D eigenvalue weighted by atomic mass is 9.81. The second kappa shape index (κ2) is 6.20. The number of hydrogen-bond donors (Lipinski definition) is 3. The fraction of sp³-hybridized carbons (Fsp3) is 0. The van der Waals surface area contributed by atoms with Crippen LogP contribution in [0.4, 0.5) is 17.1 Å². The van der Waals surface area contributed by atoms with Crippen molar-refractivity contribution < 1.29 is 24.7 Å². The Balaban J connectivity index is 2.03. The second-order valence-corrected chi connectivity index (χ2v) is 6.15. The fourth-order valence-corrected chi connectivity index (χ4v) is 3.30. The van der Waals surface area contributed by atoms with Crippen molar-refractivity contribution in [2.75, 3.05) is 5.32 Å². The number of rotatable bonds is 3. The Morgan fingerprint density at radius 1 is 0.821 bits per heavy atom. The number of benzene rings is 3. The van der Waals surface area contributed by atoms with Crippen LogP contribution in [0.25, 0.3) is 0 Å². The third-order valence-electron chi connectivity index (χ3n) is 4.48. The van der Waals surface area contributed by atoms with E-state index in [0.717, 1.165) is 6.07 Å². The Labute approximate surface area is 157 Å². The number of carbonyl (C=O) groups excluding carboxylic acids is 2. The van der Waals surface area contributed by atoms with Crippen LogP contribution < -0.4 is 5.32 Å². The monoisotopic (exact) mass is 376 g/mol. The SMILES string of the molecule is O=C1c2cccc(O)c2C(=O)c2c1c(Nc1ccccc1)cc(O)c2[N+](=O)[O-]. The number of aromatic hydroxyl groups is 2. The van der Waals surface area contributed by atoms with Gasteiger partial charge in [-0.05, 0) is 18.2 Å². The molecule has 0 atom stereocenters. The van der Waals surface area contributed by atoms with Gasteiger partial charge < -0.3 is 15.5 Å². The molecule has 0 saturated heterocycles. The molecular weight excluding hydrogens is 364 g/mol. The Bertz CT molecular complexity index is 1170. The number of fused-ring (bicyclic) bond motifs is 2. The summed E-state index contributed by atoms with van der Waals surface area (Å²) in [4.78, 5) is 36.7. The molecule has 8 nitrogen and oxygen atoms in total. The number of para-hydroxylation sites is 1. The zero-order valence-electron chi connectivity index (χ0n) is 14.2. The first-order valence-corrected chi connectivity index (χ1v) is 8.18. The standard InChI is InChI=1S/C20H12N2O6/c23-13-8-4-7-11-15(13)20(26)17-16(19(11)25)12(9-14(24)18(17)22(27)28)21-10-5-2-1-3-6-10/h1-9,21,23-24H. The van der Waals surface area contributed by atoms with Crippen molar-refractivity contribution >= 4 is 28.6 Å². The maximum Gasteiger partial charge on any atom is 0.322 e. The number of nitro benzene ring substituents is 1. The van der Waals surface area contributed by atoms with Gasteiger partial charge in [-0.3, -0.25) is 19.7 Å². The van der Waals surface area contributed by atoms with Gasteiger partial charge >= 0.3 is 5.69 Å². The molecule has 0 aromatic heterocycles. The van der Waals surface area contributed by atoms with Gasteiger partial charge in [0.2, 0.25) is 5.78 Å². The van der Waals surface area contributed by atoms with E-state index >= 15 is 0 Å². The van der Waals surface area contributed by atoms with Gasteiger partial charge in [0.15, 0.2) is 11.5 Å². The Hall–Kier alpha value is -4.20. The third-order valence-corrected chi connectivity index (χ3v) is 4.48. The molecule has 0 amide bonds. The Kier molecular flexibility index (Phi) is 3.82. The van der Waals surface area contributed by atoms with Crippen LogP contribution in [0, 0.1) is 10.1 Å². The smallest absolute Gasteiger partial charge is 0.322 e. The third kappa shape index (κ3) is 2.47. The van der Waals surface area contributed by atoms with Crippen molar-refractivity contribution in [2.24, 2.45) is 0 Å². The summed E-state index contributed by atoms with van der Waals surface area (Å²) >= 11 is 0. The quantitative estimate of drug-likeness (QED) is 0.368. The average Bonchev–Trinajstić information content (AvgIpc) is 2.66. The van der Waals surface area contributed by atoms with Gasteiger partial charge in [0.1, 0.15) is 11.3 Å². The van der Waals surface area contributed by atoms with E-state index in [1.807, 2.05) is 0 Å². The lowest BCUT2D eigenvalue weighted by Gasteiger charge is -2.22. The number of nitro groups is 1. The first kappa shape index (κ1) is 17.2. The summed E-state index contributed by atoms with van der Waals surface area (Å²) in [6.07, 6.45) is 0. The molecule has 3 N–H and O–H groups in total. The molecule has 0 bridgehead atoms. The van der Waals surface area contributed by atoms with Gasteiger partial charge in [-0.15, -0.1) is 0 Å². The van der Waals surface area contributed by atoms with Gasteiger partial charge in [-0.25, -0.2) is 0 Å². The number of hydrogen-bond acceptors (Lipinski definition) is 7. The zero-order chi connectivity index (χ0) is 20.0. The molecule has 3 aromatic carbocycles. The molecule has 8 heteroatoms. The van der Waals surface area contributed by atoms with Crippen LogP contribution in [-0.2, 0) is 0 Å². The highest BCUT2D eigenvalue weighted by Gasteiger charge is 2.41. The van der Waals surface area contributed by atoms with Crippen LogP contribution in [0.2, 0.25) is 0 Å². The zero-order valence-corrected chi connectivity index (χ0v) is 14.2. The maximum atomic E-state index is 13.1. The van der Waals surface area contributed by atoms with Gasteiger partial charge in [-0.1, -0.05) is 30.3 Å². The molecule has 138 valence electrons. The molecule has 4 rings (SSSR count). The molecule has 0 radical (unpaired) electrons. The van der Waals surface area contributed by atoms with E-state index < -0.39 is 39.2 Å². The van der Waals surface area contributed by atoms with E-state index in [4.69, 9.17) is 0 Å². The highest BCUT2D eigenvalue weighted by molar-refractivity contribution is 6.32. The molecule has 0 saturated carbocycles. The van der Waals surface area contributed by atoms with E-state index in [-0.39, 0.29) is 22.4 Å². The van der Waals surface area contributed by atoms with Crippen molar-refractivity contribution in [3.8, 4) is 11.5 Å². The summed E-state index contributed by atoms with van der Waals surface area (Å²) in [5.74, 6) is -2.79.